The lowest BCUT2D eigenvalue weighted by molar-refractivity contribution is -0.126. The SMILES string of the molecule is C[C@@H]1COC[C@H](C)N1[C@H]1CC[C@H](Oc2ccnc3sc4c(c23)[C@@H](C[C@H](O)C(N)=O)CC4)CC1. The van der Waals surface area contributed by atoms with Crippen molar-refractivity contribution in [2.24, 2.45) is 5.73 Å². The van der Waals surface area contributed by atoms with Crippen LogP contribution in [0.5, 0.6) is 5.75 Å². The van der Waals surface area contributed by atoms with Crippen LogP contribution in [0.1, 0.15) is 68.7 Å². The van der Waals surface area contributed by atoms with Gasteiger partial charge in [0.15, 0.2) is 0 Å². The first kappa shape index (κ1) is 23.0. The van der Waals surface area contributed by atoms with Crippen LogP contribution in [-0.2, 0) is 16.0 Å². The van der Waals surface area contributed by atoms with Crippen LogP contribution in [-0.4, -0.2) is 64.4 Å². The Labute approximate surface area is 199 Å². The van der Waals surface area contributed by atoms with E-state index in [4.69, 9.17) is 15.2 Å². The molecule has 8 heteroatoms. The Kier molecular flexibility index (Phi) is 6.62. The van der Waals surface area contributed by atoms with E-state index in [0.29, 0.717) is 24.5 Å². The van der Waals surface area contributed by atoms with E-state index in [1.54, 1.807) is 11.3 Å². The van der Waals surface area contributed by atoms with Crippen molar-refractivity contribution in [3.63, 3.8) is 0 Å². The lowest BCUT2D eigenvalue weighted by atomic mass is 9.89. The Morgan fingerprint density at radius 1 is 1.27 bits per heavy atom. The van der Waals surface area contributed by atoms with Crippen LogP contribution in [0.3, 0.4) is 0 Å². The van der Waals surface area contributed by atoms with Crippen molar-refractivity contribution in [1.82, 2.24) is 9.88 Å². The zero-order valence-electron chi connectivity index (χ0n) is 19.5. The number of hydrogen-bond acceptors (Lipinski definition) is 7. The molecular formula is C25H35N3O4S. The van der Waals surface area contributed by atoms with Crippen LogP contribution >= 0.6 is 11.3 Å². The predicted molar refractivity (Wildman–Crippen MR) is 129 cm³/mol. The maximum absolute atomic E-state index is 11.4. The molecule has 0 unspecified atom stereocenters. The molecule has 3 aliphatic rings. The predicted octanol–water partition coefficient (Wildman–Crippen LogP) is 3.36. The first-order chi connectivity index (χ1) is 15.9. The second-order valence-corrected chi connectivity index (χ2v) is 11.1. The van der Waals surface area contributed by atoms with Gasteiger partial charge in [-0.05, 0) is 76.3 Å². The van der Waals surface area contributed by atoms with E-state index in [1.165, 1.54) is 10.4 Å². The van der Waals surface area contributed by atoms with Gasteiger partial charge in [0.2, 0.25) is 5.91 Å². The second kappa shape index (κ2) is 9.49. The third-order valence-corrected chi connectivity index (χ3v) is 8.90. The van der Waals surface area contributed by atoms with Gasteiger partial charge >= 0.3 is 0 Å². The second-order valence-electron chi connectivity index (χ2n) is 10.0. The Hall–Kier alpha value is -1.74. The summed E-state index contributed by atoms with van der Waals surface area (Å²) in [5.74, 6) is 0.357. The number of nitrogens with zero attached hydrogens (tertiary/aromatic N) is 2. The minimum absolute atomic E-state index is 0.114. The summed E-state index contributed by atoms with van der Waals surface area (Å²) in [6.45, 7) is 6.19. The molecule has 3 heterocycles. The van der Waals surface area contributed by atoms with Gasteiger partial charge in [0, 0.05) is 29.2 Å². The molecule has 1 aliphatic heterocycles. The summed E-state index contributed by atoms with van der Waals surface area (Å²) in [4.78, 5) is 21.0. The fourth-order valence-corrected chi connectivity index (χ4v) is 7.48. The molecule has 1 saturated heterocycles. The van der Waals surface area contributed by atoms with Gasteiger partial charge in [-0.1, -0.05) is 0 Å². The quantitative estimate of drug-likeness (QED) is 0.668. The van der Waals surface area contributed by atoms with Crippen LogP contribution in [0, 0.1) is 0 Å². The number of aliphatic hydroxyl groups excluding tert-OH is 1. The average Bonchev–Trinajstić information content (AvgIpc) is 3.35. The van der Waals surface area contributed by atoms with E-state index >= 15 is 0 Å². The normalized spacial score (nSPS) is 31.4. The molecule has 180 valence electrons. The number of pyridine rings is 1. The number of thiophene rings is 1. The van der Waals surface area contributed by atoms with Gasteiger partial charge in [0.1, 0.15) is 16.7 Å². The van der Waals surface area contributed by atoms with E-state index in [9.17, 15) is 9.90 Å². The zero-order chi connectivity index (χ0) is 23.1. The first-order valence-corrected chi connectivity index (χ1v) is 13.1. The lowest BCUT2D eigenvalue weighted by Crippen LogP contribution is -2.55. The molecule has 0 bridgehead atoms. The molecule has 2 aromatic rings. The molecule has 2 aliphatic carbocycles. The van der Waals surface area contributed by atoms with Crippen molar-refractivity contribution in [3.05, 3.63) is 22.7 Å². The summed E-state index contributed by atoms with van der Waals surface area (Å²) in [5, 5.41) is 11.2. The van der Waals surface area contributed by atoms with Crippen LogP contribution in [0.4, 0.5) is 0 Å². The summed E-state index contributed by atoms with van der Waals surface area (Å²) in [7, 11) is 0. The number of amides is 1. The van der Waals surface area contributed by atoms with Gasteiger partial charge in [-0.15, -0.1) is 11.3 Å². The van der Waals surface area contributed by atoms with E-state index in [0.717, 1.165) is 67.7 Å². The Bertz CT molecular complexity index is 993. The number of ether oxygens (including phenoxy) is 2. The Morgan fingerprint density at radius 3 is 2.70 bits per heavy atom. The average molecular weight is 474 g/mol. The van der Waals surface area contributed by atoms with Crippen molar-refractivity contribution < 1.29 is 19.4 Å². The number of primary amides is 1. The number of nitrogens with two attached hydrogens (primary N) is 1. The van der Waals surface area contributed by atoms with Crippen molar-refractivity contribution in [1.29, 1.82) is 0 Å². The largest absolute Gasteiger partial charge is 0.490 e. The van der Waals surface area contributed by atoms with Crippen LogP contribution in [0.15, 0.2) is 12.3 Å². The van der Waals surface area contributed by atoms with E-state index in [1.807, 2.05) is 12.3 Å². The molecule has 3 N–H and O–H groups in total. The van der Waals surface area contributed by atoms with Crippen LogP contribution in [0.2, 0.25) is 0 Å². The number of aliphatic hydroxyl groups is 1. The lowest BCUT2D eigenvalue weighted by Gasteiger charge is -2.46. The van der Waals surface area contributed by atoms with Gasteiger partial charge < -0.3 is 20.3 Å². The summed E-state index contributed by atoms with van der Waals surface area (Å²) < 4.78 is 12.3. The van der Waals surface area contributed by atoms with Crippen LogP contribution in [0.25, 0.3) is 10.2 Å². The standard InChI is InChI=1S/C25H35N3O4S/c1-14-12-31-13-15(2)28(14)17-4-6-18(7-5-17)32-20-9-10-27-25-23(20)22-16(3-8-21(22)33-25)11-19(29)24(26)30/h9-10,14-19,29H,3-8,11-13H2,1-2H3,(H2,26,30)/t14-,15+,16-,17-,18-,19+/m1/s1. The number of carbonyl (C=O) groups excluding carboxylic acids is 1. The van der Waals surface area contributed by atoms with Crippen molar-refractivity contribution in [2.75, 3.05) is 13.2 Å². The Morgan fingerprint density at radius 2 is 2.00 bits per heavy atom. The van der Waals surface area contributed by atoms with Gasteiger partial charge in [-0.3, -0.25) is 9.69 Å². The number of aromatic nitrogens is 1. The smallest absolute Gasteiger partial charge is 0.246 e. The fraction of sp³-hybridized carbons (Fsp3) is 0.680. The summed E-state index contributed by atoms with van der Waals surface area (Å²) >= 11 is 1.71. The summed E-state index contributed by atoms with van der Waals surface area (Å²) in [6.07, 6.45) is 7.53. The van der Waals surface area contributed by atoms with Gasteiger partial charge in [0.05, 0.1) is 24.7 Å². The monoisotopic (exact) mass is 473 g/mol. The van der Waals surface area contributed by atoms with Crippen molar-refractivity contribution >= 4 is 27.5 Å². The maximum atomic E-state index is 11.4. The van der Waals surface area contributed by atoms with Gasteiger partial charge in [-0.2, -0.15) is 0 Å². The minimum atomic E-state index is -1.11. The van der Waals surface area contributed by atoms with E-state index in [-0.39, 0.29) is 12.0 Å². The first-order valence-electron chi connectivity index (χ1n) is 12.3. The molecule has 0 aromatic carbocycles. The molecule has 33 heavy (non-hydrogen) atoms. The fourth-order valence-electron chi connectivity index (χ4n) is 6.23. The van der Waals surface area contributed by atoms with Gasteiger partial charge in [-0.25, -0.2) is 4.98 Å². The molecule has 2 fully saturated rings. The highest BCUT2D eigenvalue weighted by Crippen LogP contribution is 2.48. The topological polar surface area (TPSA) is 97.9 Å². The highest BCUT2D eigenvalue weighted by atomic mass is 32.1. The van der Waals surface area contributed by atoms with E-state index < -0.39 is 12.0 Å². The zero-order valence-corrected chi connectivity index (χ0v) is 20.4. The molecule has 5 rings (SSSR count). The number of fused-ring (bicyclic) bond motifs is 3. The molecule has 4 atom stereocenters. The summed E-state index contributed by atoms with van der Waals surface area (Å²) in [6, 6.07) is 3.52. The third kappa shape index (κ3) is 4.50. The molecule has 1 saturated carbocycles. The highest BCUT2D eigenvalue weighted by molar-refractivity contribution is 7.19. The van der Waals surface area contributed by atoms with Crippen molar-refractivity contribution in [2.45, 2.75) is 95.0 Å². The molecular weight excluding hydrogens is 438 g/mol. The maximum Gasteiger partial charge on any atom is 0.246 e. The van der Waals surface area contributed by atoms with Gasteiger partial charge in [0.25, 0.3) is 0 Å². The number of aryl methyl sites for hydroxylation is 1. The molecule has 0 spiro atoms. The number of carbonyl (C=O) groups is 1. The van der Waals surface area contributed by atoms with Crippen molar-refractivity contribution in [3.8, 4) is 5.75 Å². The molecule has 7 nitrogen and oxygen atoms in total. The number of hydrogen-bond donors (Lipinski definition) is 2. The molecule has 0 radical (unpaired) electrons. The van der Waals surface area contributed by atoms with E-state index in [2.05, 4.69) is 23.7 Å². The minimum Gasteiger partial charge on any atom is -0.490 e. The number of rotatable bonds is 6. The number of morpholine rings is 1. The Balaban J connectivity index is 1.31. The molecule has 1 amide bonds. The third-order valence-electron chi connectivity index (χ3n) is 7.73. The molecule has 2 aromatic heterocycles. The highest BCUT2D eigenvalue weighted by Gasteiger charge is 2.36. The summed E-state index contributed by atoms with van der Waals surface area (Å²) in [5.41, 5.74) is 6.54. The van der Waals surface area contributed by atoms with Crippen LogP contribution < -0.4 is 10.5 Å².